The fourth-order valence-corrected chi connectivity index (χ4v) is 2.71. The van der Waals surface area contributed by atoms with Crippen molar-refractivity contribution in [1.29, 1.82) is 0 Å². The molecular weight excluding hydrogens is 356 g/mol. The third kappa shape index (κ3) is 4.76. The van der Waals surface area contributed by atoms with Gasteiger partial charge in [0.25, 0.3) is 0 Å². The van der Waals surface area contributed by atoms with Gasteiger partial charge in [-0.3, -0.25) is 9.59 Å². The van der Waals surface area contributed by atoms with Gasteiger partial charge in [-0.2, -0.15) is 0 Å². The lowest BCUT2D eigenvalue weighted by atomic mass is 10.1. The van der Waals surface area contributed by atoms with Crippen molar-refractivity contribution in [3.05, 3.63) is 89.0 Å². The van der Waals surface area contributed by atoms with E-state index in [4.69, 9.17) is 14.2 Å². The molecule has 0 bridgehead atoms. The molecule has 3 aromatic rings. The van der Waals surface area contributed by atoms with Crippen LogP contribution >= 0.6 is 0 Å². The van der Waals surface area contributed by atoms with E-state index in [-0.39, 0.29) is 0 Å². The standard InChI is InChI=1S/C23H20O5/c1-26-22-10-9-18(14-25)12-23(22)28-16-20-7-3-2-6-19(20)15-27-21-8-4-5-17(11-21)13-24/h2-14H,15-16H2,1H3. The maximum Gasteiger partial charge on any atom is 0.162 e. The molecule has 142 valence electrons. The van der Waals surface area contributed by atoms with Gasteiger partial charge in [0.1, 0.15) is 31.5 Å². The lowest BCUT2D eigenvalue weighted by Crippen LogP contribution is -2.04. The van der Waals surface area contributed by atoms with Gasteiger partial charge >= 0.3 is 0 Å². The Bertz CT molecular complexity index is 965. The lowest BCUT2D eigenvalue weighted by molar-refractivity contribution is 0.111. The van der Waals surface area contributed by atoms with Crippen LogP contribution in [0.5, 0.6) is 17.2 Å². The minimum Gasteiger partial charge on any atom is -0.493 e. The molecule has 0 saturated heterocycles. The maximum atomic E-state index is 11.0. The Morgan fingerprint density at radius 3 is 2.07 bits per heavy atom. The fourth-order valence-electron chi connectivity index (χ4n) is 2.71. The summed E-state index contributed by atoms with van der Waals surface area (Å²) in [4.78, 5) is 21.9. The average Bonchev–Trinajstić information content (AvgIpc) is 2.76. The zero-order chi connectivity index (χ0) is 19.8. The van der Waals surface area contributed by atoms with Crippen LogP contribution in [-0.2, 0) is 13.2 Å². The molecule has 0 amide bonds. The van der Waals surface area contributed by atoms with Crippen molar-refractivity contribution in [3.63, 3.8) is 0 Å². The van der Waals surface area contributed by atoms with E-state index >= 15 is 0 Å². The molecular formula is C23H20O5. The van der Waals surface area contributed by atoms with Crippen molar-refractivity contribution < 1.29 is 23.8 Å². The molecule has 0 aromatic heterocycles. The molecule has 5 heteroatoms. The number of methoxy groups -OCH3 is 1. The van der Waals surface area contributed by atoms with E-state index in [0.717, 1.165) is 23.7 Å². The predicted molar refractivity (Wildman–Crippen MR) is 105 cm³/mol. The number of hydrogen-bond acceptors (Lipinski definition) is 5. The number of hydrogen-bond donors (Lipinski definition) is 0. The summed E-state index contributed by atoms with van der Waals surface area (Å²) in [5.74, 6) is 1.69. The summed E-state index contributed by atoms with van der Waals surface area (Å²) >= 11 is 0. The fraction of sp³-hybridized carbons (Fsp3) is 0.130. The summed E-state index contributed by atoms with van der Waals surface area (Å²) < 4.78 is 17.0. The molecule has 0 radical (unpaired) electrons. The molecule has 0 aliphatic carbocycles. The number of carbonyl (C=O) groups is 2. The number of carbonyl (C=O) groups excluding carboxylic acids is 2. The smallest absolute Gasteiger partial charge is 0.162 e. The van der Waals surface area contributed by atoms with Crippen molar-refractivity contribution in [3.8, 4) is 17.2 Å². The quantitative estimate of drug-likeness (QED) is 0.515. The van der Waals surface area contributed by atoms with Crippen LogP contribution < -0.4 is 14.2 Å². The third-order valence-electron chi connectivity index (χ3n) is 4.21. The Kier molecular flexibility index (Phi) is 6.41. The van der Waals surface area contributed by atoms with Crippen LogP contribution in [0.4, 0.5) is 0 Å². The highest BCUT2D eigenvalue weighted by Crippen LogP contribution is 2.29. The largest absolute Gasteiger partial charge is 0.493 e. The highest BCUT2D eigenvalue weighted by Gasteiger charge is 2.09. The first-order valence-corrected chi connectivity index (χ1v) is 8.74. The van der Waals surface area contributed by atoms with Crippen molar-refractivity contribution in [2.45, 2.75) is 13.2 Å². The first-order chi connectivity index (χ1) is 13.7. The van der Waals surface area contributed by atoms with Gasteiger partial charge in [-0.15, -0.1) is 0 Å². The predicted octanol–water partition coefficient (Wildman–Crippen LogP) is 4.48. The van der Waals surface area contributed by atoms with E-state index in [9.17, 15) is 9.59 Å². The zero-order valence-electron chi connectivity index (χ0n) is 15.5. The van der Waals surface area contributed by atoms with E-state index in [1.54, 1.807) is 43.5 Å². The molecule has 28 heavy (non-hydrogen) atoms. The van der Waals surface area contributed by atoms with Crippen LogP contribution in [0.3, 0.4) is 0 Å². The Balaban J connectivity index is 1.72. The Morgan fingerprint density at radius 2 is 1.39 bits per heavy atom. The summed E-state index contributed by atoms with van der Waals surface area (Å²) in [6.45, 7) is 0.639. The second-order valence-corrected chi connectivity index (χ2v) is 6.06. The Labute approximate surface area is 163 Å². The van der Waals surface area contributed by atoms with Crippen molar-refractivity contribution in [2.24, 2.45) is 0 Å². The van der Waals surface area contributed by atoms with Crippen LogP contribution in [0.1, 0.15) is 31.8 Å². The van der Waals surface area contributed by atoms with Gasteiger partial charge in [0, 0.05) is 11.1 Å². The van der Waals surface area contributed by atoms with Crippen molar-refractivity contribution in [2.75, 3.05) is 7.11 Å². The lowest BCUT2D eigenvalue weighted by Gasteiger charge is -2.14. The van der Waals surface area contributed by atoms with Gasteiger partial charge in [0.2, 0.25) is 0 Å². The molecule has 3 rings (SSSR count). The Morgan fingerprint density at radius 1 is 0.714 bits per heavy atom. The molecule has 5 nitrogen and oxygen atoms in total. The number of rotatable bonds is 9. The number of aldehydes is 2. The molecule has 0 heterocycles. The number of ether oxygens (including phenoxy) is 3. The van der Waals surface area contributed by atoms with E-state index in [1.165, 1.54) is 0 Å². The van der Waals surface area contributed by atoms with Crippen LogP contribution in [0, 0.1) is 0 Å². The van der Waals surface area contributed by atoms with Gasteiger partial charge in [0.05, 0.1) is 7.11 Å². The second kappa shape index (κ2) is 9.37. The van der Waals surface area contributed by atoms with E-state index < -0.39 is 0 Å². The monoisotopic (exact) mass is 376 g/mol. The second-order valence-electron chi connectivity index (χ2n) is 6.06. The van der Waals surface area contributed by atoms with Crippen molar-refractivity contribution >= 4 is 12.6 Å². The molecule has 0 spiro atoms. The van der Waals surface area contributed by atoms with Gasteiger partial charge in [-0.05, 0) is 41.5 Å². The summed E-state index contributed by atoms with van der Waals surface area (Å²) in [6, 6.07) is 19.8. The molecule has 0 aliphatic rings. The Hall–Kier alpha value is -3.60. The first kappa shape index (κ1) is 19.2. The summed E-state index contributed by atoms with van der Waals surface area (Å²) in [5, 5.41) is 0. The first-order valence-electron chi connectivity index (χ1n) is 8.74. The normalized spacial score (nSPS) is 10.2. The van der Waals surface area contributed by atoms with Crippen LogP contribution in [-0.4, -0.2) is 19.7 Å². The molecule has 0 saturated carbocycles. The molecule has 3 aromatic carbocycles. The van der Waals surface area contributed by atoms with Crippen LogP contribution in [0.2, 0.25) is 0 Å². The maximum absolute atomic E-state index is 11.0. The van der Waals surface area contributed by atoms with Crippen molar-refractivity contribution in [1.82, 2.24) is 0 Å². The molecule has 0 N–H and O–H groups in total. The van der Waals surface area contributed by atoms with Gasteiger partial charge in [-0.25, -0.2) is 0 Å². The topological polar surface area (TPSA) is 61.8 Å². The van der Waals surface area contributed by atoms with E-state index in [1.807, 2.05) is 30.3 Å². The summed E-state index contributed by atoms with van der Waals surface area (Å²) in [7, 11) is 1.55. The average molecular weight is 376 g/mol. The van der Waals surface area contributed by atoms with Gasteiger partial charge in [-0.1, -0.05) is 36.4 Å². The number of benzene rings is 3. The van der Waals surface area contributed by atoms with E-state index in [2.05, 4.69) is 0 Å². The van der Waals surface area contributed by atoms with Gasteiger partial charge in [0.15, 0.2) is 11.5 Å². The third-order valence-corrected chi connectivity index (χ3v) is 4.21. The zero-order valence-corrected chi connectivity index (χ0v) is 15.5. The minimum absolute atomic E-state index is 0.298. The SMILES string of the molecule is COc1ccc(C=O)cc1OCc1ccccc1COc1cccc(C=O)c1. The molecule has 0 aliphatic heterocycles. The molecule has 0 unspecified atom stereocenters. The summed E-state index contributed by atoms with van der Waals surface area (Å²) in [6.07, 6.45) is 1.55. The highest BCUT2D eigenvalue weighted by molar-refractivity contribution is 5.76. The molecule has 0 atom stereocenters. The molecule has 0 fully saturated rings. The van der Waals surface area contributed by atoms with E-state index in [0.29, 0.717) is 41.6 Å². The minimum atomic E-state index is 0.298. The summed E-state index contributed by atoms with van der Waals surface area (Å²) in [5.41, 5.74) is 3.00. The van der Waals surface area contributed by atoms with Crippen LogP contribution in [0.25, 0.3) is 0 Å². The van der Waals surface area contributed by atoms with Crippen LogP contribution in [0.15, 0.2) is 66.7 Å². The van der Waals surface area contributed by atoms with Gasteiger partial charge < -0.3 is 14.2 Å². The highest BCUT2D eigenvalue weighted by atomic mass is 16.5.